The number of rotatable bonds is 24. The van der Waals surface area contributed by atoms with Crippen molar-refractivity contribution in [3.05, 3.63) is 35.9 Å². The molecule has 0 spiro atoms. The van der Waals surface area contributed by atoms with Crippen LogP contribution in [0.2, 0.25) is 0 Å². The molecule has 5 N–H and O–H groups in total. The van der Waals surface area contributed by atoms with E-state index >= 15 is 0 Å². The van der Waals surface area contributed by atoms with Gasteiger partial charge in [-0.2, -0.15) is 0 Å². The van der Waals surface area contributed by atoms with Crippen molar-refractivity contribution < 1.29 is 42.9 Å². The molecule has 3 rings (SSSR count). The number of likely N-dealkylation sites (N-methyl/N-ethyl adjacent to an activating group) is 1. The van der Waals surface area contributed by atoms with Gasteiger partial charge in [-0.25, -0.2) is 0 Å². The summed E-state index contributed by atoms with van der Waals surface area (Å²) in [5.74, 6) is -2.05. The van der Waals surface area contributed by atoms with Gasteiger partial charge in [0.05, 0.1) is 68.5 Å². The Kier molecular flexibility index (Phi) is 21.6. The maximum absolute atomic E-state index is 14.5. The molecule has 0 bridgehead atoms. The Morgan fingerprint density at radius 1 is 0.902 bits per heavy atom. The fourth-order valence-corrected chi connectivity index (χ4v) is 8.91. The third-order valence-corrected chi connectivity index (χ3v) is 12.5. The van der Waals surface area contributed by atoms with E-state index in [-0.39, 0.29) is 73.0 Å². The number of likely N-dealkylation sites (tertiary alicyclic amines) is 1. The summed E-state index contributed by atoms with van der Waals surface area (Å²) in [5.41, 5.74) is 6.26. The summed E-state index contributed by atoms with van der Waals surface area (Å²) < 4.78 is 23.7. The van der Waals surface area contributed by atoms with E-state index in [1.54, 1.807) is 38.0 Å². The van der Waals surface area contributed by atoms with E-state index in [1.807, 2.05) is 78.8 Å². The highest BCUT2D eigenvalue weighted by atomic mass is 16.5. The number of nitrogens with one attached hydrogen (secondary N) is 3. The highest BCUT2D eigenvalue weighted by molar-refractivity contribution is 5.90. The zero-order chi connectivity index (χ0) is 45.4. The van der Waals surface area contributed by atoms with E-state index in [2.05, 4.69) is 20.9 Å². The number of amides is 5. The number of nitrogens with zero attached hydrogens (tertiary/aromatic N) is 3. The summed E-state index contributed by atoms with van der Waals surface area (Å²) in [6, 6.07) is 6.90. The minimum Gasteiger partial charge on any atom is -0.379 e. The van der Waals surface area contributed by atoms with Crippen molar-refractivity contribution in [3.63, 3.8) is 0 Å². The van der Waals surface area contributed by atoms with Gasteiger partial charge in [0, 0.05) is 40.9 Å². The zero-order valence-corrected chi connectivity index (χ0v) is 38.7. The van der Waals surface area contributed by atoms with Crippen molar-refractivity contribution in [2.24, 2.45) is 29.4 Å². The zero-order valence-electron chi connectivity index (χ0n) is 38.7. The second-order valence-electron chi connectivity index (χ2n) is 17.4. The largest absolute Gasteiger partial charge is 0.379 e. The maximum atomic E-state index is 14.5. The van der Waals surface area contributed by atoms with Crippen LogP contribution in [0, 0.1) is 23.7 Å². The molecule has 2 aliphatic heterocycles. The van der Waals surface area contributed by atoms with Crippen molar-refractivity contribution in [2.75, 3.05) is 67.4 Å². The first-order chi connectivity index (χ1) is 29.0. The molecule has 0 aromatic heterocycles. The van der Waals surface area contributed by atoms with E-state index in [0.29, 0.717) is 39.3 Å². The Morgan fingerprint density at radius 3 is 2.11 bits per heavy atom. The van der Waals surface area contributed by atoms with Crippen LogP contribution in [-0.4, -0.2) is 154 Å². The van der Waals surface area contributed by atoms with Crippen LogP contribution in [0.3, 0.4) is 0 Å². The van der Waals surface area contributed by atoms with Gasteiger partial charge in [-0.15, -0.1) is 0 Å². The molecule has 1 aromatic rings. The Labute approximate surface area is 364 Å². The van der Waals surface area contributed by atoms with Crippen molar-refractivity contribution >= 4 is 29.5 Å². The lowest BCUT2D eigenvalue weighted by molar-refractivity contribution is -0.148. The van der Waals surface area contributed by atoms with Crippen molar-refractivity contribution in [2.45, 2.75) is 130 Å². The van der Waals surface area contributed by atoms with Crippen LogP contribution in [0.1, 0.15) is 92.7 Å². The average molecular weight is 860 g/mol. The Morgan fingerprint density at radius 2 is 1.56 bits per heavy atom. The molecule has 2 fully saturated rings. The van der Waals surface area contributed by atoms with Crippen molar-refractivity contribution in [1.82, 2.24) is 30.7 Å². The van der Waals surface area contributed by atoms with Crippen LogP contribution in [0.5, 0.6) is 0 Å². The molecule has 16 nitrogen and oxygen atoms in total. The van der Waals surface area contributed by atoms with E-state index in [0.717, 1.165) is 18.4 Å². The van der Waals surface area contributed by atoms with E-state index < -0.39 is 48.4 Å². The van der Waals surface area contributed by atoms with Crippen molar-refractivity contribution in [3.8, 4) is 0 Å². The first-order valence-corrected chi connectivity index (χ1v) is 22.2. The van der Waals surface area contributed by atoms with Gasteiger partial charge >= 0.3 is 0 Å². The molecule has 61 heavy (non-hydrogen) atoms. The third-order valence-electron chi connectivity index (χ3n) is 12.5. The molecular weight excluding hydrogens is 783 g/mol. The molecule has 16 heteroatoms. The van der Waals surface area contributed by atoms with Crippen molar-refractivity contribution in [1.29, 1.82) is 0 Å². The molecular formula is C45H77N7O9. The van der Waals surface area contributed by atoms with Crippen LogP contribution in [0.4, 0.5) is 0 Å². The normalized spacial score (nSPS) is 20.5. The molecule has 0 saturated carbocycles. The highest BCUT2D eigenvalue weighted by Gasteiger charge is 2.43. The summed E-state index contributed by atoms with van der Waals surface area (Å²) in [4.78, 5) is 74.0. The summed E-state index contributed by atoms with van der Waals surface area (Å²) >= 11 is 0. The predicted molar refractivity (Wildman–Crippen MR) is 234 cm³/mol. The Bertz CT molecular complexity index is 1530. The summed E-state index contributed by atoms with van der Waals surface area (Å²) in [7, 11) is 4.86. The molecule has 0 radical (unpaired) electrons. The Balaban J connectivity index is 1.77. The fraction of sp³-hybridized carbons (Fsp3) is 0.756. The van der Waals surface area contributed by atoms with Crippen LogP contribution in [0.15, 0.2) is 30.3 Å². The number of morpholine rings is 1. The van der Waals surface area contributed by atoms with Gasteiger partial charge in [0.2, 0.25) is 29.5 Å². The monoisotopic (exact) mass is 860 g/mol. The van der Waals surface area contributed by atoms with Gasteiger partial charge in [-0.3, -0.25) is 28.9 Å². The standard InChI is InChI=1S/C45H77N7O9/c1-12-30(6)40(50(9)45(57)38(28(2)3)49-44(56)39(29(4)5)51-21-23-60-24-22-51)35(58-10)25-37(54)52-20-16-19-34(52)41(59-11)31(7)43(55)48-32(8)42(33-17-14-13-15-18-33)61-27-47-36(53)26-46/h13-15,17-18,28-32,34-35,38-42H,12,16,19-27,46H2,1-11H3,(H,47,53)(H,48,55)(H,49,56)/t30-,31+,32+,34-,35+,38-,39-,40-,41+,42+/m0/s1. The fourth-order valence-electron chi connectivity index (χ4n) is 8.91. The number of hydrogen-bond acceptors (Lipinski definition) is 11. The lowest BCUT2D eigenvalue weighted by Gasteiger charge is -2.41. The number of carbonyl (C=O) groups excluding carboxylic acids is 5. The van der Waals surface area contributed by atoms with Gasteiger partial charge in [-0.05, 0) is 43.1 Å². The molecule has 0 aliphatic carbocycles. The molecule has 2 aliphatic rings. The van der Waals surface area contributed by atoms with Gasteiger partial charge in [0.1, 0.15) is 18.9 Å². The molecule has 2 heterocycles. The first kappa shape index (κ1) is 51.7. The van der Waals surface area contributed by atoms with Gasteiger partial charge in [0.15, 0.2) is 0 Å². The SMILES string of the molecule is CC[C@H](C)[C@@H]([C@@H](CC(=O)N1CCC[C@H]1[C@H](OC)[C@@H](C)C(=O)N[C@H](C)[C@@H](OCNC(=O)CN)c1ccccc1)OC)N(C)C(=O)[C@@H](NC(=O)[C@H](C(C)C)N1CCOCC1)C(C)C. The summed E-state index contributed by atoms with van der Waals surface area (Å²) in [6.07, 6.45) is 0.285. The second-order valence-corrected chi connectivity index (χ2v) is 17.4. The number of carbonyl (C=O) groups is 5. The van der Waals surface area contributed by atoms with Crippen LogP contribution in [0.25, 0.3) is 0 Å². The number of benzene rings is 1. The highest BCUT2D eigenvalue weighted by Crippen LogP contribution is 2.30. The number of nitrogens with two attached hydrogens (primary N) is 1. The summed E-state index contributed by atoms with van der Waals surface area (Å²) in [5, 5.41) is 8.82. The smallest absolute Gasteiger partial charge is 0.245 e. The first-order valence-electron chi connectivity index (χ1n) is 22.2. The minimum absolute atomic E-state index is 0.00954. The topological polar surface area (TPSA) is 194 Å². The van der Waals surface area contributed by atoms with Gasteiger partial charge < -0.3 is 50.4 Å². The van der Waals surface area contributed by atoms with E-state index in [1.165, 1.54) is 0 Å². The maximum Gasteiger partial charge on any atom is 0.245 e. The lowest BCUT2D eigenvalue weighted by Crippen LogP contribution is -2.61. The van der Waals surface area contributed by atoms with Crippen LogP contribution in [-0.2, 0) is 42.9 Å². The number of ether oxygens (including phenoxy) is 4. The van der Waals surface area contributed by atoms with Gasteiger partial charge in [-0.1, -0.05) is 85.2 Å². The quantitative estimate of drug-likeness (QED) is 0.112. The third kappa shape index (κ3) is 14.2. The number of methoxy groups -OCH3 is 2. The van der Waals surface area contributed by atoms with Gasteiger partial charge in [0.25, 0.3) is 0 Å². The summed E-state index contributed by atoms with van der Waals surface area (Å²) in [6.45, 7) is 18.3. The number of hydrogen-bond donors (Lipinski definition) is 4. The molecule has 2 saturated heterocycles. The molecule has 5 amide bonds. The molecule has 0 unspecified atom stereocenters. The van der Waals surface area contributed by atoms with E-state index in [4.69, 9.17) is 24.7 Å². The van der Waals surface area contributed by atoms with Crippen LogP contribution >= 0.6 is 0 Å². The molecule has 346 valence electrons. The predicted octanol–water partition coefficient (Wildman–Crippen LogP) is 2.70. The average Bonchev–Trinajstić information content (AvgIpc) is 3.73. The lowest BCUT2D eigenvalue weighted by atomic mass is 9.89. The molecule has 1 aromatic carbocycles. The minimum atomic E-state index is -0.785. The second kappa shape index (κ2) is 25.4. The van der Waals surface area contributed by atoms with Crippen LogP contribution < -0.4 is 21.7 Å². The Hall–Kier alpha value is -3.67. The molecule has 10 atom stereocenters. The van der Waals surface area contributed by atoms with E-state index in [9.17, 15) is 24.0 Å².